The minimum Gasteiger partial charge on any atom is -0.497 e. The number of carbonyl (C=O) groups excluding carboxylic acids is 1. The molecular formula is C24H22N4O2. The first-order valence-electron chi connectivity index (χ1n) is 10.1. The van der Waals surface area contributed by atoms with Crippen molar-refractivity contribution >= 4 is 11.6 Å². The van der Waals surface area contributed by atoms with E-state index in [9.17, 15) is 4.79 Å². The summed E-state index contributed by atoms with van der Waals surface area (Å²) in [6.07, 6.45) is 2.08. The van der Waals surface area contributed by atoms with Crippen molar-refractivity contribution in [3.8, 4) is 28.3 Å². The summed E-state index contributed by atoms with van der Waals surface area (Å²) in [6, 6.07) is 21.4. The Balaban J connectivity index is 1.66. The number of hydrogen-bond acceptors (Lipinski definition) is 4. The van der Waals surface area contributed by atoms with Gasteiger partial charge in [0.2, 0.25) is 0 Å². The van der Waals surface area contributed by atoms with Gasteiger partial charge in [0, 0.05) is 30.3 Å². The Bertz CT molecular complexity index is 1190. The maximum Gasteiger partial charge on any atom is 0.272 e. The lowest BCUT2D eigenvalue weighted by Gasteiger charge is -2.16. The molecule has 1 saturated heterocycles. The van der Waals surface area contributed by atoms with Crippen LogP contribution in [0.2, 0.25) is 0 Å². The first-order valence-corrected chi connectivity index (χ1v) is 10.1. The summed E-state index contributed by atoms with van der Waals surface area (Å²) in [5.41, 5.74) is 4.65. The molecule has 150 valence electrons. The molecule has 0 saturated carbocycles. The van der Waals surface area contributed by atoms with E-state index in [1.165, 1.54) is 0 Å². The molecule has 1 fully saturated rings. The van der Waals surface area contributed by atoms with Crippen LogP contribution in [-0.2, 0) is 0 Å². The first kappa shape index (κ1) is 18.4. The number of fused-ring (bicyclic) bond motifs is 1. The number of amides is 1. The number of hydrogen-bond donors (Lipinski definition) is 0. The van der Waals surface area contributed by atoms with Crippen molar-refractivity contribution in [1.82, 2.24) is 19.5 Å². The maximum atomic E-state index is 13.3. The lowest BCUT2D eigenvalue weighted by Crippen LogP contribution is -2.29. The van der Waals surface area contributed by atoms with Gasteiger partial charge in [0.1, 0.15) is 11.4 Å². The Labute approximate surface area is 174 Å². The monoisotopic (exact) mass is 398 g/mol. The Morgan fingerprint density at radius 3 is 2.30 bits per heavy atom. The predicted molar refractivity (Wildman–Crippen MR) is 116 cm³/mol. The highest BCUT2D eigenvalue weighted by Crippen LogP contribution is 2.26. The van der Waals surface area contributed by atoms with Gasteiger partial charge in [0.15, 0.2) is 5.65 Å². The highest BCUT2D eigenvalue weighted by molar-refractivity contribution is 5.94. The number of benzene rings is 2. The molecule has 0 radical (unpaired) electrons. The molecule has 4 aromatic rings. The van der Waals surface area contributed by atoms with Crippen molar-refractivity contribution in [2.75, 3.05) is 20.2 Å². The lowest BCUT2D eigenvalue weighted by atomic mass is 10.1. The van der Waals surface area contributed by atoms with Gasteiger partial charge >= 0.3 is 0 Å². The topological polar surface area (TPSA) is 59.7 Å². The summed E-state index contributed by atoms with van der Waals surface area (Å²) >= 11 is 0. The molecule has 2 aromatic heterocycles. The van der Waals surface area contributed by atoms with Crippen LogP contribution in [0.1, 0.15) is 23.3 Å². The quantitative estimate of drug-likeness (QED) is 0.514. The van der Waals surface area contributed by atoms with Crippen LogP contribution in [0.4, 0.5) is 0 Å². The Morgan fingerprint density at radius 2 is 1.60 bits per heavy atom. The molecule has 1 aliphatic rings. The molecule has 0 N–H and O–H groups in total. The van der Waals surface area contributed by atoms with E-state index in [0.717, 1.165) is 54.2 Å². The molecule has 5 rings (SSSR count). The fourth-order valence-electron chi connectivity index (χ4n) is 3.87. The zero-order chi connectivity index (χ0) is 20.5. The average Bonchev–Trinajstić information content (AvgIpc) is 3.49. The standard InChI is InChI=1S/C24H22N4O2/c1-30-19-11-9-18(10-12-19)20-15-22(24(29)27-13-5-6-14-27)28-23(25-20)16-21(26-28)17-7-3-2-4-8-17/h2-4,7-12,15-16H,5-6,13-14H2,1H3. The molecule has 2 aromatic carbocycles. The highest BCUT2D eigenvalue weighted by Gasteiger charge is 2.24. The van der Waals surface area contributed by atoms with Crippen LogP contribution in [0.15, 0.2) is 66.7 Å². The van der Waals surface area contributed by atoms with Crippen molar-refractivity contribution < 1.29 is 9.53 Å². The van der Waals surface area contributed by atoms with Gasteiger partial charge in [-0.05, 0) is 43.2 Å². The van der Waals surface area contributed by atoms with E-state index in [-0.39, 0.29) is 5.91 Å². The Hall–Kier alpha value is -3.67. The van der Waals surface area contributed by atoms with Crippen LogP contribution in [0.25, 0.3) is 28.2 Å². The molecule has 6 nitrogen and oxygen atoms in total. The second-order valence-electron chi connectivity index (χ2n) is 7.42. The number of aromatic nitrogens is 3. The third-order valence-corrected chi connectivity index (χ3v) is 5.49. The van der Waals surface area contributed by atoms with Crippen LogP contribution < -0.4 is 4.74 Å². The number of methoxy groups -OCH3 is 1. The van der Waals surface area contributed by atoms with E-state index < -0.39 is 0 Å². The first-order chi connectivity index (χ1) is 14.7. The molecule has 1 amide bonds. The SMILES string of the molecule is COc1ccc(-c2cc(C(=O)N3CCCC3)n3nc(-c4ccccc4)cc3n2)cc1. The van der Waals surface area contributed by atoms with Gasteiger partial charge in [-0.2, -0.15) is 5.10 Å². The minimum atomic E-state index is -0.00243. The van der Waals surface area contributed by atoms with E-state index in [4.69, 9.17) is 14.8 Å². The van der Waals surface area contributed by atoms with E-state index in [2.05, 4.69) is 0 Å². The van der Waals surface area contributed by atoms with E-state index in [1.807, 2.05) is 71.6 Å². The Kier molecular flexibility index (Phi) is 4.67. The van der Waals surface area contributed by atoms with Crippen LogP contribution in [0, 0.1) is 0 Å². The normalized spacial score (nSPS) is 13.7. The minimum absolute atomic E-state index is 0.00243. The molecule has 0 bridgehead atoms. The van der Waals surface area contributed by atoms with Gasteiger partial charge in [-0.15, -0.1) is 0 Å². The lowest BCUT2D eigenvalue weighted by molar-refractivity contribution is 0.0784. The molecular weight excluding hydrogens is 376 g/mol. The Morgan fingerprint density at radius 1 is 0.900 bits per heavy atom. The van der Waals surface area contributed by atoms with Crippen molar-refractivity contribution in [3.05, 3.63) is 72.4 Å². The van der Waals surface area contributed by atoms with E-state index >= 15 is 0 Å². The number of rotatable bonds is 4. The summed E-state index contributed by atoms with van der Waals surface area (Å²) in [7, 11) is 1.64. The molecule has 3 heterocycles. The maximum absolute atomic E-state index is 13.3. The second-order valence-corrected chi connectivity index (χ2v) is 7.42. The molecule has 0 unspecified atom stereocenters. The van der Waals surface area contributed by atoms with Crippen molar-refractivity contribution in [1.29, 1.82) is 0 Å². The van der Waals surface area contributed by atoms with Gasteiger partial charge in [-0.3, -0.25) is 4.79 Å². The molecule has 30 heavy (non-hydrogen) atoms. The van der Waals surface area contributed by atoms with Gasteiger partial charge in [0.25, 0.3) is 5.91 Å². The van der Waals surface area contributed by atoms with Crippen LogP contribution in [0.5, 0.6) is 5.75 Å². The van der Waals surface area contributed by atoms with Crippen molar-refractivity contribution in [2.45, 2.75) is 12.8 Å². The predicted octanol–water partition coefficient (Wildman–Crippen LogP) is 4.31. The number of likely N-dealkylation sites (tertiary alicyclic amines) is 1. The zero-order valence-electron chi connectivity index (χ0n) is 16.8. The summed E-state index contributed by atoms with van der Waals surface area (Å²) in [6.45, 7) is 1.57. The fourth-order valence-corrected chi connectivity index (χ4v) is 3.87. The largest absolute Gasteiger partial charge is 0.497 e. The zero-order valence-corrected chi connectivity index (χ0v) is 16.8. The van der Waals surface area contributed by atoms with Gasteiger partial charge < -0.3 is 9.64 Å². The van der Waals surface area contributed by atoms with Gasteiger partial charge in [-0.1, -0.05) is 30.3 Å². The number of nitrogens with zero attached hydrogens (tertiary/aromatic N) is 4. The highest BCUT2D eigenvalue weighted by atomic mass is 16.5. The van der Waals surface area contributed by atoms with Gasteiger partial charge in [-0.25, -0.2) is 9.50 Å². The summed E-state index contributed by atoms with van der Waals surface area (Å²) < 4.78 is 6.94. The molecule has 6 heteroatoms. The van der Waals surface area contributed by atoms with Gasteiger partial charge in [0.05, 0.1) is 18.5 Å². The third-order valence-electron chi connectivity index (χ3n) is 5.49. The average molecular weight is 398 g/mol. The molecule has 1 aliphatic heterocycles. The fraction of sp³-hybridized carbons (Fsp3) is 0.208. The van der Waals surface area contributed by atoms with Crippen LogP contribution in [-0.4, -0.2) is 45.6 Å². The summed E-state index contributed by atoms with van der Waals surface area (Å²) in [4.78, 5) is 20.0. The van der Waals surface area contributed by atoms with Crippen molar-refractivity contribution in [3.63, 3.8) is 0 Å². The van der Waals surface area contributed by atoms with Crippen molar-refractivity contribution in [2.24, 2.45) is 0 Å². The van der Waals surface area contributed by atoms with E-state index in [0.29, 0.717) is 11.3 Å². The van der Waals surface area contributed by atoms with Crippen LogP contribution in [0.3, 0.4) is 0 Å². The molecule has 0 atom stereocenters. The second kappa shape index (κ2) is 7.63. The summed E-state index contributed by atoms with van der Waals surface area (Å²) in [5.74, 6) is 0.779. The van der Waals surface area contributed by atoms with E-state index in [1.54, 1.807) is 11.6 Å². The smallest absolute Gasteiger partial charge is 0.272 e. The number of carbonyl (C=O) groups is 1. The number of ether oxygens (including phenoxy) is 1. The van der Waals surface area contributed by atoms with Crippen LogP contribution >= 0.6 is 0 Å². The molecule has 0 spiro atoms. The summed E-state index contributed by atoms with van der Waals surface area (Å²) in [5, 5.41) is 4.72. The molecule has 0 aliphatic carbocycles. The third kappa shape index (κ3) is 3.30.